The van der Waals surface area contributed by atoms with E-state index >= 15 is 0 Å². The van der Waals surface area contributed by atoms with Crippen molar-refractivity contribution in [3.63, 3.8) is 0 Å². The van der Waals surface area contributed by atoms with E-state index in [1.54, 1.807) is 13.1 Å². The lowest BCUT2D eigenvalue weighted by molar-refractivity contribution is -0.141. The average molecular weight is 436 g/mol. The molecule has 0 N–H and O–H groups in total. The summed E-state index contributed by atoms with van der Waals surface area (Å²) in [6.07, 6.45) is 2.56. The molecule has 0 spiro atoms. The van der Waals surface area contributed by atoms with Crippen LogP contribution in [0.3, 0.4) is 0 Å². The molecule has 6 nitrogen and oxygen atoms in total. The molecule has 1 fully saturated rings. The molecule has 1 aliphatic carbocycles. The van der Waals surface area contributed by atoms with Gasteiger partial charge >= 0.3 is 6.18 Å². The summed E-state index contributed by atoms with van der Waals surface area (Å²) in [5.74, 6) is 0.541. The second-order valence-electron chi connectivity index (χ2n) is 7.23. The Balaban J connectivity index is 1.91. The summed E-state index contributed by atoms with van der Waals surface area (Å²) in [5.41, 5.74) is 0.0271. The fourth-order valence-electron chi connectivity index (χ4n) is 3.10. The molecule has 0 radical (unpaired) electrons. The number of hydrogen-bond donors (Lipinski definition) is 0. The number of pyridine rings is 2. The Labute approximate surface area is 171 Å². The SMILES string of the molecule is CCS(=O)(=O)c1ccc(/C=C/C2CC2)nc1-c1nc2cc(C(F)(F)F)ncc2n1C. The molecular formula is C20H19F3N4O2S. The van der Waals surface area contributed by atoms with Crippen LogP contribution < -0.4 is 0 Å². The minimum Gasteiger partial charge on any atom is -0.324 e. The first-order chi connectivity index (χ1) is 14.1. The number of imidazole rings is 1. The standard InChI is InChI=1S/C20H19F3N4O2S/c1-3-30(28,29)16-9-8-13(7-6-12-4-5-12)25-18(16)19-26-14-10-17(20(21,22)23)24-11-15(14)27(19)2/h6-12H,3-5H2,1-2H3/b7-6+. The number of alkyl halides is 3. The highest BCUT2D eigenvalue weighted by atomic mass is 32.2. The number of rotatable bonds is 5. The molecule has 0 saturated heterocycles. The maximum Gasteiger partial charge on any atom is 0.433 e. The van der Waals surface area contributed by atoms with Gasteiger partial charge in [-0.3, -0.25) is 0 Å². The van der Waals surface area contributed by atoms with Crippen molar-refractivity contribution in [3.05, 3.63) is 41.9 Å². The Kier molecular flexibility index (Phi) is 4.92. The van der Waals surface area contributed by atoms with Gasteiger partial charge in [0.2, 0.25) is 0 Å². The van der Waals surface area contributed by atoms with Crippen LogP contribution in [0.4, 0.5) is 13.2 Å². The van der Waals surface area contributed by atoms with Crippen molar-refractivity contribution in [2.45, 2.75) is 30.8 Å². The number of sulfone groups is 1. The summed E-state index contributed by atoms with van der Waals surface area (Å²) < 4.78 is 65.9. The van der Waals surface area contributed by atoms with E-state index in [9.17, 15) is 21.6 Å². The van der Waals surface area contributed by atoms with E-state index in [1.165, 1.54) is 17.6 Å². The van der Waals surface area contributed by atoms with Gasteiger partial charge in [-0.15, -0.1) is 0 Å². The predicted molar refractivity (Wildman–Crippen MR) is 106 cm³/mol. The summed E-state index contributed by atoms with van der Waals surface area (Å²) >= 11 is 0. The first kappa shape index (κ1) is 20.5. The van der Waals surface area contributed by atoms with Crippen molar-refractivity contribution >= 4 is 26.9 Å². The second-order valence-corrected chi connectivity index (χ2v) is 9.48. The van der Waals surface area contributed by atoms with Crippen LogP contribution in [-0.4, -0.2) is 33.7 Å². The average Bonchev–Trinajstić information content (AvgIpc) is 3.48. The van der Waals surface area contributed by atoms with Crippen LogP contribution in [0, 0.1) is 5.92 Å². The zero-order chi connectivity index (χ0) is 21.7. The van der Waals surface area contributed by atoms with Crippen LogP contribution >= 0.6 is 0 Å². The van der Waals surface area contributed by atoms with Gasteiger partial charge in [-0.05, 0) is 43.0 Å². The van der Waals surface area contributed by atoms with Gasteiger partial charge in [-0.1, -0.05) is 13.0 Å². The molecule has 0 aliphatic heterocycles. The fraction of sp³-hybridized carbons (Fsp3) is 0.350. The zero-order valence-electron chi connectivity index (χ0n) is 16.3. The third kappa shape index (κ3) is 3.83. The lowest BCUT2D eigenvalue weighted by Crippen LogP contribution is -2.09. The Morgan fingerprint density at radius 2 is 1.97 bits per heavy atom. The summed E-state index contributed by atoms with van der Waals surface area (Å²) in [7, 11) is -2.04. The Bertz CT molecular complexity index is 1260. The number of aromatic nitrogens is 4. The third-order valence-corrected chi connectivity index (χ3v) is 6.79. The Hall–Kier alpha value is -2.75. The van der Waals surface area contributed by atoms with Crippen LogP contribution in [0.2, 0.25) is 0 Å². The summed E-state index contributed by atoms with van der Waals surface area (Å²) in [6.45, 7) is 1.52. The van der Waals surface area contributed by atoms with Crippen molar-refractivity contribution < 1.29 is 21.6 Å². The lowest BCUT2D eigenvalue weighted by Gasteiger charge is -2.10. The third-order valence-electron chi connectivity index (χ3n) is 5.03. The van der Waals surface area contributed by atoms with Gasteiger partial charge in [-0.2, -0.15) is 13.2 Å². The van der Waals surface area contributed by atoms with Crippen molar-refractivity contribution in [3.8, 4) is 11.5 Å². The van der Waals surface area contributed by atoms with Gasteiger partial charge in [0.15, 0.2) is 15.7 Å². The highest BCUT2D eigenvalue weighted by molar-refractivity contribution is 7.91. The quantitative estimate of drug-likeness (QED) is 0.597. The molecule has 10 heteroatoms. The number of hydrogen-bond acceptors (Lipinski definition) is 5. The van der Waals surface area contributed by atoms with E-state index in [4.69, 9.17) is 0 Å². The van der Waals surface area contributed by atoms with Crippen molar-refractivity contribution in [1.29, 1.82) is 0 Å². The smallest absolute Gasteiger partial charge is 0.324 e. The lowest BCUT2D eigenvalue weighted by atomic mass is 10.2. The maximum atomic E-state index is 13.0. The molecule has 0 unspecified atom stereocenters. The molecule has 3 heterocycles. The predicted octanol–water partition coefficient (Wildman–Crippen LogP) is 4.27. The molecule has 0 bridgehead atoms. The zero-order valence-corrected chi connectivity index (χ0v) is 17.1. The molecule has 30 heavy (non-hydrogen) atoms. The fourth-order valence-corrected chi connectivity index (χ4v) is 4.12. The number of allylic oxidation sites excluding steroid dienone is 1. The van der Waals surface area contributed by atoms with Crippen LogP contribution in [-0.2, 0) is 23.1 Å². The van der Waals surface area contributed by atoms with Gasteiger partial charge in [-0.25, -0.2) is 23.4 Å². The largest absolute Gasteiger partial charge is 0.433 e. The van der Waals surface area contributed by atoms with Crippen LogP contribution in [0.15, 0.2) is 35.4 Å². The van der Waals surface area contributed by atoms with Crippen LogP contribution in [0.1, 0.15) is 31.2 Å². The molecule has 3 aromatic heterocycles. The molecule has 1 aliphatic rings. The highest BCUT2D eigenvalue weighted by Gasteiger charge is 2.33. The summed E-state index contributed by atoms with van der Waals surface area (Å²) in [6, 6.07) is 3.95. The molecule has 0 amide bonds. The molecule has 4 rings (SSSR count). The minimum absolute atomic E-state index is 0.00372. The van der Waals surface area contributed by atoms with Crippen molar-refractivity contribution in [2.75, 3.05) is 5.75 Å². The van der Waals surface area contributed by atoms with Gasteiger partial charge in [0, 0.05) is 7.05 Å². The monoisotopic (exact) mass is 436 g/mol. The number of aryl methyl sites for hydroxylation is 1. The maximum absolute atomic E-state index is 13.0. The minimum atomic E-state index is -4.60. The normalized spacial score (nSPS) is 15.4. The summed E-state index contributed by atoms with van der Waals surface area (Å²) in [4.78, 5) is 12.2. The van der Waals surface area contributed by atoms with E-state index in [2.05, 4.69) is 15.0 Å². The van der Waals surface area contributed by atoms with E-state index in [1.807, 2.05) is 12.2 Å². The van der Waals surface area contributed by atoms with Gasteiger partial charge < -0.3 is 4.57 Å². The molecule has 3 aromatic rings. The molecule has 0 atom stereocenters. The van der Waals surface area contributed by atoms with Gasteiger partial charge in [0.05, 0.1) is 33.6 Å². The van der Waals surface area contributed by atoms with Crippen molar-refractivity contribution in [1.82, 2.24) is 19.5 Å². The second kappa shape index (κ2) is 7.19. The van der Waals surface area contributed by atoms with E-state index in [0.717, 1.165) is 25.1 Å². The topological polar surface area (TPSA) is 77.7 Å². The first-order valence-electron chi connectivity index (χ1n) is 9.42. The summed E-state index contributed by atoms with van der Waals surface area (Å²) in [5, 5.41) is 0. The van der Waals surface area contributed by atoms with Gasteiger partial charge in [0.1, 0.15) is 11.4 Å². The highest BCUT2D eigenvalue weighted by Crippen LogP contribution is 2.33. The van der Waals surface area contributed by atoms with Crippen LogP contribution in [0.5, 0.6) is 0 Å². The number of halogens is 3. The van der Waals surface area contributed by atoms with E-state index in [0.29, 0.717) is 17.1 Å². The molecular weight excluding hydrogens is 417 g/mol. The van der Waals surface area contributed by atoms with Crippen LogP contribution in [0.25, 0.3) is 28.6 Å². The van der Waals surface area contributed by atoms with E-state index in [-0.39, 0.29) is 27.7 Å². The van der Waals surface area contributed by atoms with Gasteiger partial charge in [0.25, 0.3) is 0 Å². The van der Waals surface area contributed by atoms with Crippen molar-refractivity contribution in [2.24, 2.45) is 13.0 Å². The number of fused-ring (bicyclic) bond motifs is 1. The Morgan fingerprint density at radius 1 is 1.23 bits per heavy atom. The molecule has 158 valence electrons. The molecule has 0 aromatic carbocycles. The Morgan fingerprint density at radius 3 is 2.60 bits per heavy atom. The number of nitrogens with zero attached hydrogens (tertiary/aromatic N) is 4. The first-order valence-corrected chi connectivity index (χ1v) is 11.1. The van der Waals surface area contributed by atoms with E-state index < -0.39 is 21.7 Å². The molecule has 1 saturated carbocycles.